The second kappa shape index (κ2) is 6.19. The van der Waals surface area contributed by atoms with Crippen molar-refractivity contribution in [1.29, 1.82) is 0 Å². The van der Waals surface area contributed by atoms with E-state index in [1.54, 1.807) is 24.3 Å². The Kier molecular flexibility index (Phi) is 4.11. The lowest BCUT2D eigenvalue weighted by Gasteiger charge is -2.15. The molecule has 1 heterocycles. The second-order valence-electron chi connectivity index (χ2n) is 5.12. The number of nitrogens with zero attached hydrogens (tertiary/aromatic N) is 2. The summed E-state index contributed by atoms with van der Waals surface area (Å²) in [6, 6.07) is 7.02. The number of benzene rings is 1. The zero-order chi connectivity index (χ0) is 15.5. The molecule has 1 aromatic carbocycles. The van der Waals surface area contributed by atoms with E-state index in [0.29, 0.717) is 35.2 Å². The molecule has 0 aliphatic heterocycles. The lowest BCUT2D eigenvalue weighted by Crippen LogP contribution is -2.17. The fourth-order valence-corrected chi connectivity index (χ4v) is 2.45. The van der Waals surface area contributed by atoms with Gasteiger partial charge in [-0.05, 0) is 30.7 Å². The number of ether oxygens (including phenoxy) is 1. The van der Waals surface area contributed by atoms with Crippen molar-refractivity contribution >= 4 is 29.2 Å². The Morgan fingerprint density at radius 1 is 1.32 bits per heavy atom. The summed E-state index contributed by atoms with van der Waals surface area (Å²) in [5.41, 5.74) is 5.64. The maximum Gasteiger partial charge on any atom is 0.222 e. The average molecular weight is 319 g/mol. The van der Waals surface area contributed by atoms with Crippen LogP contribution in [-0.2, 0) is 4.79 Å². The molecule has 7 heteroatoms. The summed E-state index contributed by atoms with van der Waals surface area (Å²) in [5.74, 6) is 1.95. The Balaban J connectivity index is 1.80. The van der Waals surface area contributed by atoms with Crippen LogP contribution in [0.5, 0.6) is 11.5 Å². The lowest BCUT2D eigenvalue weighted by atomic mass is 10.2. The molecule has 3 rings (SSSR count). The number of ketones is 1. The number of aromatic nitrogens is 2. The van der Waals surface area contributed by atoms with Gasteiger partial charge in [0.2, 0.25) is 5.95 Å². The quantitative estimate of drug-likeness (QED) is 0.900. The Bertz CT molecular complexity index is 690. The van der Waals surface area contributed by atoms with Crippen LogP contribution in [0.15, 0.2) is 30.5 Å². The first kappa shape index (κ1) is 14.6. The van der Waals surface area contributed by atoms with Crippen LogP contribution in [0.2, 0.25) is 5.02 Å². The average Bonchev–Trinajstić information content (AvgIpc) is 2.89. The minimum Gasteiger partial charge on any atom is -0.452 e. The number of anilines is 2. The molecule has 2 aromatic rings. The smallest absolute Gasteiger partial charge is 0.222 e. The van der Waals surface area contributed by atoms with Gasteiger partial charge in [0.05, 0.1) is 6.20 Å². The molecule has 22 heavy (non-hydrogen) atoms. The third-order valence-corrected chi connectivity index (χ3v) is 3.65. The van der Waals surface area contributed by atoms with Gasteiger partial charge in [-0.15, -0.1) is 0 Å². The predicted molar refractivity (Wildman–Crippen MR) is 84.2 cm³/mol. The Morgan fingerprint density at radius 3 is 2.77 bits per heavy atom. The molecular weight excluding hydrogens is 304 g/mol. The molecule has 0 bridgehead atoms. The van der Waals surface area contributed by atoms with E-state index >= 15 is 0 Å². The number of hydrogen-bond donors (Lipinski definition) is 2. The highest BCUT2D eigenvalue weighted by Crippen LogP contribution is 2.30. The SMILES string of the molecule is Nc1ncc(Oc2ccc(Cl)cc2)c(NC2CCC(=O)C2)n1. The van der Waals surface area contributed by atoms with Gasteiger partial charge < -0.3 is 15.8 Å². The summed E-state index contributed by atoms with van der Waals surface area (Å²) in [7, 11) is 0. The number of carbonyl (C=O) groups is 1. The number of rotatable bonds is 4. The normalized spacial score (nSPS) is 17.5. The molecule has 3 N–H and O–H groups in total. The van der Waals surface area contributed by atoms with Crippen LogP contribution in [-0.4, -0.2) is 21.8 Å². The molecule has 0 saturated heterocycles. The van der Waals surface area contributed by atoms with Crippen molar-refractivity contribution < 1.29 is 9.53 Å². The standard InChI is InChI=1S/C15H15ClN4O2/c16-9-1-5-12(6-2-9)22-13-8-18-15(17)20-14(13)19-10-3-4-11(21)7-10/h1-2,5-6,8,10H,3-4,7H2,(H3,17,18,19,20). The van der Waals surface area contributed by atoms with Crippen LogP contribution < -0.4 is 15.8 Å². The third kappa shape index (κ3) is 3.46. The van der Waals surface area contributed by atoms with Gasteiger partial charge in [0.1, 0.15) is 11.5 Å². The Morgan fingerprint density at radius 2 is 2.09 bits per heavy atom. The summed E-state index contributed by atoms with van der Waals surface area (Å²) in [5, 5.41) is 3.84. The number of hydrogen-bond acceptors (Lipinski definition) is 6. The monoisotopic (exact) mass is 318 g/mol. The molecule has 1 atom stereocenters. The van der Waals surface area contributed by atoms with Crippen LogP contribution in [0.4, 0.5) is 11.8 Å². The molecule has 1 unspecified atom stereocenters. The van der Waals surface area contributed by atoms with Crippen LogP contribution in [0.3, 0.4) is 0 Å². The summed E-state index contributed by atoms with van der Waals surface area (Å²) in [6.07, 6.45) is 3.37. The number of carbonyl (C=O) groups excluding carboxylic acids is 1. The molecule has 6 nitrogen and oxygen atoms in total. The molecule has 0 spiro atoms. The fourth-order valence-electron chi connectivity index (χ4n) is 2.32. The van der Waals surface area contributed by atoms with Crippen molar-refractivity contribution in [2.45, 2.75) is 25.3 Å². The highest BCUT2D eigenvalue weighted by molar-refractivity contribution is 6.30. The molecule has 1 fully saturated rings. The minimum absolute atomic E-state index is 0.0503. The summed E-state index contributed by atoms with van der Waals surface area (Å²) < 4.78 is 5.77. The Hall–Kier alpha value is -2.34. The van der Waals surface area contributed by atoms with E-state index in [1.807, 2.05) is 0 Å². The fraction of sp³-hybridized carbons (Fsp3) is 0.267. The van der Waals surface area contributed by atoms with Crippen molar-refractivity contribution in [3.63, 3.8) is 0 Å². The number of halogens is 1. The van der Waals surface area contributed by atoms with Crippen LogP contribution in [0, 0.1) is 0 Å². The van der Waals surface area contributed by atoms with E-state index in [0.717, 1.165) is 6.42 Å². The van der Waals surface area contributed by atoms with Gasteiger partial charge in [-0.3, -0.25) is 4.79 Å². The van der Waals surface area contributed by atoms with E-state index < -0.39 is 0 Å². The summed E-state index contributed by atoms with van der Waals surface area (Å²) in [6.45, 7) is 0. The second-order valence-corrected chi connectivity index (χ2v) is 5.56. The van der Waals surface area contributed by atoms with Crippen molar-refractivity contribution in [3.8, 4) is 11.5 Å². The van der Waals surface area contributed by atoms with Crippen molar-refractivity contribution in [2.75, 3.05) is 11.1 Å². The van der Waals surface area contributed by atoms with Crippen LogP contribution in [0.1, 0.15) is 19.3 Å². The van der Waals surface area contributed by atoms with Crippen molar-refractivity contribution in [2.24, 2.45) is 0 Å². The first-order chi connectivity index (χ1) is 10.6. The summed E-state index contributed by atoms with van der Waals surface area (Å²) in [4.78, 5) is 19.5. The predicted octanol–water partition coefficient (Wildman–Crippen LogP) is 3.04. The minimum atomic E-state index is 0.0503. The van der Waals surface area contributed by atoms with Gasteiger partial charge in [0.25, 0.3) is 0 Å². The number of nitrogens with one attached hydrogen (secondary N) is 1. The maximum atomic E-state index is 11.4. The van der Waals surface area contributed by atoms with Gasteiger partial charge in [0, 0.05) is 23.9 Å². The first-order valence-electron chi connectivity index (χ1n) is 6.94. The van der Waals surface area contributed by atoms with Gasteiger partial charge >= 0.3 is 0 Å². The maximum absolute atomic E-state index is 11.4. The molecule has 1 saturated carbocycles. The number of nitrogen functional groups attached to an aromatic ring is 1. The number of Topliss-reactive ketones (excluding diaryl/α,β-unsaturated/α-hetero) is 1. The van der Waals surface area contributed by atoms with Gasteiger partial charge in [-0.2, -0.15) is 4.98 Å². The number of nitrogens with two attached hydrogens (primary N) is 1. The zero-order valence-corrected chi connectivity index (χ0v) is 12.5. The third-order valence-electron chi connectivity index (χ3n) is 3.40. The van der Waals surface area contributed by atoms with E-state index in [-0.39, 0.29) is 17.8 Å². The first-order valence-corrected chi connectivity index (χ1v) is 7.32. The topological polar surface area (TPSA) is 90.1 Å². The van der Waals surface area contributed by atoms with Crippen LogP contribution in [0.25, 0.3) is 0 Å². The van der Waals surface area contributed by atoms with Crippen molar-refractivity contribution in [1.82, 2.24) is 9.97 Å². The lowest BCUT2D eigenvalue weighted by molar-refractivity contribution is -0.117. The van der Waals surface area contributed by atoms with Gasteiger partial charge in [0.15, 0.2) is 11.6 Å². The van der Waals surface area contributed by atoms with E-state index in [1.165, 1.54) is 6.20 Å². The molecule has 1 aliphatic rings. The molecule has 0 amide bonds. The highest BCUT2D eigenvalue weighted by atomic mass is 35.5. The van der Waals surface area contributed by atoms with Crippen LogP contribution >= 0.6 is 11.6 Å². The van der Waals surface area contributed by atoms with Gasteiger partial charge in [-0.1, -0.05) is 11.6 Å². The Labute approximate surface area is 132 Å². The highest BCUT2D eigenvalue weighted by Gasteiger charge is 2.23. The molecule has 114 valence electrons. The van der Waals surface area contributed by atoms with E-state index in [4.69, 9.17) is 22.1 Å². The van der Waals surface area contributed by atoms with E-state index in [2.05, 4.69) is 15.3 Å². The molecule has 1 aliphatic carbocycles. The summed E-state index contributed by atoms with van der Waals surface area (Å²) >= 11 is 5.85. The molecule has 1 aromatic heterocycles. The molecule has 0 radical (unpaired) electrons. The zero-order valence-electron chi connectivity index (χ0n) is 11.8. The van der Waals surface area contributed by atoms with Gasteiger partial charge in [-0.25, -0.2) is 4.98 Å². The largest absolute Gasteiger partial charge is 0.452 e. The van der Waals surface area contributed by atoms with Crippen molar-refractivity contribution in [3.05, 3.63) is 35.5 Å². The molecular formula is C15H15ClN4O2. The van der Waals surface area contributed by atoms with E-state index in [9.17, 15) is 4.79 Å².